The molecule has 32 heavy (non-hydrogen) atoms. The molecule has 1 aromatic heterocycles. The van der Waals surface area contributed by atoms with Crippen molar-refractivity contribution >= 4 is 22.7 Å². The van der Waals surface area contributed by atoms with Crippen molar-refractivity contribution < 1.29 is 13.9 Å². The molecule has 2 heterocycles. The van der Waals surface area contributed by atoms with E-state index in [-0.39, 0.29) is 18.2 Å². The van der Waals surface area contributed by atoms with Gasteiger partial charge in [0.05, 0.1) is 17.5 Å². The minimum atomic E-state index is -0.318. The molecule has 1 aliphatic heterocycles. The Morgan fingerprint density at radius 2 is 2.09 bits per heavy atom. The average molecular weight is 453 g/mol. The summed E-state index contributed by atoms with van der Waals surface area (Å²) in [6.07, 6.45) is 7.85. The summed E-state index contributed by atoms with van der Waals surface area (Å²) in [7, 11) is 0. The Labute approximate surface area is 190 Å². The number of halogens is 1. The molecule has 0 amide bonds. The molecule has 0 N–H and O–H groups in total. The van der Waals surface area contributed by atoms with E-state index in [9.17, 15) is 9.18 Å². The van der Waals surface area contributed by atoms with Gasteiger partial charge in [0.15, 0.2) is 11.9 Å². The summed E-state index contributed by atoms with van der Waals surface area (Å²) in [6, 6.07) is 10.4. The highest BCUT2D eigenvalue weighted by atomic mass is 32.2. The number of rotatable bonds is 6. The first-order chi connectivity index (χ1) is 15.7. The van der Waals surface area contributed by atoms with Gasteiger partial charge >= 0.3 is 0 Å². The molecule has 0 radical (unpaired) electrons. The Morgan fingerprint density at radius 1 is 1.19 bits per heavy atom. The number of hydrogen-bond donors (Lipinski definition) is 0. The van der Waals surface area contributed by atoms with Gasteiger partial charge in [0.25, 0.3) is 5.56 Å². The topological polar surface area (TPSA) is 53.4 Å². The molecule has 3 aromatic rings. The van der Waals surface area contributed by atoms with E-state index in [2.05, 4.69) is 6.08 Å². The van der Waals surface area contributed by atoms with E-state index in [1.54, 1.807) is 4.57 Å². The van der Waals surface area contributed by atoms with E-state index in [0.717, 1.165) is 24.8 Å². The van der Waals surface area contributed by atoms with Gasteiger partial charge in [-0.3, -0.25) is 9.36 Å². The highest BCUT2D eigenvalue weighted by molar-refractivity contribution is 7.98. The normalized spacial score (nSPS) is 15.8. The molecule has 0 saturated carbocycles. The highest BCUT2D eigenvalue weighted by Gasteiger charge is 2.19. The van der Waals surface area contributed by atoms with Gasteiger partial charge in [0, 0.05) is 23.4 Å². The lowest BCUT2D eigenvalue weighted by atomic mass is 9.97. The number of benzene rings is 2. The largest absolute Gasteiger partial charge is 0.467 e. The van der Waals surface area contributed by atoms with Gasteiger partial charge < -0.3 is 9.47 Å². The molecule has 0 bridgehead atoms. The SMILES string of the molecule is O=c1c2ccccc2nc(SCc2cc(F)cc3c2OCOC3)n1CCC1=CCCCC1. The van der Waals surface area contributed by atoms with Gasteiger partial charge in [-0.2, -0.15) is 0 Å². The van der Waals surface area contributed by atoms with E-state index in [4.69, 9.17) is 14.5 Å². The maximum atomic E-state index is 14.2. The fourth-order valence-corrected chi connectivity index (χ4v) is 5.34. The maximum Gasteiger partial charge on any atom is 0.262 e. The van der Waals surface area contributed by atoms with Crippen molar-refractivity contribution in [3.63, 3.8) is 0 Å². The number of hydrogen-bond acceptors (Lipinski definition) is 5. The molecule has 0 fully saturated rings. The number of nitrogens with zero attached hydrogens (tertiary/aromatic N) is 2. The summed E-state index contributed by atoms with van der Waals surface area (Å²) < 4.78 is 26.9. The second-order valence-corrected chi connectivity index (χ2v) is 9.12. The van der Waals surface area contributed by atoms with Crippen LogP contribution in [0.4, 0.5) is 4.39 Å². The molecular weight excluding hydrogens is 427 g/mol. The number of allylic oxidation sites excluding steroid dienone is 2. The zero-order valence-electron chi connectivity index (χ0n) is 17.8. The first kappa shape index (κ1) is 21.2. The fourth-order valence-electron chi connectivity index (χ4n) is 4.35. The van der Waals surface area contributed by atoms with Crippen LogP contribution in [0.3, 0.4) is 0 Å². The van der Waals surface area contributed by atoms with Crippen molar-refractivity contribution in [1.82, 2.24) is 9.55 Å². The number of ether oxygens (including phenoxy) is 2. The predicted octanol–water partition coefficient (Wildman–Crippen LogP) is 5.58. The molecule has 5 nitrogen and oxygen atoms in total. The third-order valence-electron chi connectivity index (χ3n) is 5.98. The summed E-state index contributed by atoms with van der Waals surface area (Å²) in [5.74, 6) is 0.807. The van der Waals surface area contributed by atoms with Crippen LogP contribution in [-0.2, 0) is 23.6 Å². The maximum absolute atomic E-state index is 14.2. The second-order valence-electron chi connectivity index (χ2n) is 8.18. The lowest BCUT2D eigenvalue weighted by molar-refractivity contribution is -0.0171. The Hall–Kier alpha value is -2.64. The monoisotopic (exact) mass is 452 g/mol. The van der Waals surface area contributed by atoms with Crippen molar-refractivity contribution in [3.8, 4) is 5.75 Å². The highest BCUT2D eigenvalue weighted by Crippen LogP contribution is 2.34. The summed E-state index contributed by atoms with van der Waals surface area (Å²) in [5.41, 5.74) is 3.52. The lowest BCUT2D eigenvalue weighted by Gasteiger charge is -2.21. The van der Waals surface area contributed by atoms with Crippen LogP contribution < -0.4 is 10.3 Å². The molecular formula is C25H25FN2O3S. The Balaban J connectivity index is 1.47. The zero-order chi connectivity index (χ0) is 21.9. The number of thioether (sulfide) groups is 1. The summed E-state index contributed by atoms with van der Waals surface area (Å²) in [5, 5.41) is 1.27. The number of para-hydroxylation sites is 1. The van der Waals surface area contributed by atoms with Crippen molar-refractivity contribution in [2.75, 3.05) is 6.79 Å². The number of fused-ring (bicyclic) bond motifs is 2. The van der Waals surface area contributed by atoms with E-state index in [1.807, 2.05) is 24.3 Å². The van der Waals surface area contributed by atoms with Gasteiger partial charge in [-0.25, -0.2) is 9.37 Å². The van der Waals surface area contributed by atoms with Crippen LogP contribution in [0.1, 0.15) is 43.2 Å². The Kier molecular flexibility index (Phi) is 6.28. The molecule has 0 saturated heterocycles. The van der Waals surface area contributed by atoms with Crippen molar-refractivity contribution in [3.05, 3.63) is 75.3 Å². The first-order valence-electron chi connectivity index (χ1n) is 11.0. The van der Waals surface area contributed by atoms with Gasteiger partial charge in [0.2, 0.25) is 0 Å². The van der Waals surface area contributed by atoms with Crippen LogP contribution in [-0.4, -0.2) is 16.3 Å². The van der Waals surface area contributed by atoms with Crippen LogP contribution in [0.15, 0.2) is 58.0 Å². The molecule has 0 unspecified atom stereocenters. The summed E-state index contributed by atoms with van der Waals surface area (Å²) >= 11 is 1.44. The molecule has 0 atom stereocenters. The van der Waals surface area contributed by atoms with Crippen LogP contribution in [0.25, 0.3) is 10.9 Å². The van der Waals surface area contributed by atoms with E-state index in [1.165, 1.54) is 42.3 Å². The summed E-state index contributed by atoms with van der Waals surface area (Å²) in [4.78, 5) is 18.1. The van der Waals surface area contributed by atoms with Crippen molar-refractivity contribution in [2.24, 2.45) is 0 Å². The van der Waals surface area contributed by atoms with E-state index in [0.29, 0.717) is 46.3 Å². The molecule has 2 aliphatic rings. The minimum Gasteiger partial charge on any atom is -0.467 e. The summed E-state index contributed by atoms with van der Waals surface area (Å²) in [6.45, 7) is 1.08. The van der Waals surface area contributed by atoms with Crippen molar-refractivity contribution in [2.45, 2.75) is 56.2 Å². The first-order valence-corrected chi connectivity index (χ1v) is 12.0. The average Bonchev–Trinajstić information content (AvgIpc) is 2.82. The van der Waals surface area contributed by atoms with Gasteiger partial charge in [-0.15, -0.1) is 0 Å². The molecule has 1 aliphatic carbocycles. The molecule has 5 rings (SSSR count). The van der Waals surface area contributed by atoms with Crippen LogP contribution in [0, 0.1) is 5.82 Å². The molecule has 0 spiro atoms. The smallest absolute Gasteiger partial charge is 0.262 e. The quantitative estimate of drug-likeness (QED) is 0.277. The number of aromatic nitrogens is 2. The van der Waals surface area contributed by atoms with Crippen LogP contribution in [0.5, 0.6) is 5.75 Å². The third kappa shape index (κ3) is 4.45. The van der Waals surface area contributed by atoms with Gasteiger partial charge in [-0.1, -0.05) is 35.5 Å². The van der Waals surface area contributed by atoms with Gasteiger partial charge in [-0.05, 0) is 56.4 Å². The van der Waals surface area contributed by atoms with Crippen LogP contribution >= 0.6 is 11.8 Å². The standard InChI is InChI=1S/C25H25FN2O3S/c26-20-12-18-14-30-16-31-23(18)19(13-20)15-32-25-27-22-9-5-4-8-21(22)24(29)28(25)11-10-17-6-2-1-3-7-17/h4-6,8-9,12-13H,1-3,7,10-11,14-16H2. The van der Waals surface area contributed by atoms with Crippen LogP contribution in [0.2, 0.25) is 0 Å². The zero-order valence-corrected chi connectivity index (χ0v) is 18.6. The lowest BCUT2D eigenvalue weighted by Crippen LogP contribution is -2.24. The molecule has 7 heteroatoms. The Bertz CT molecular complexity index is 1240. The Morgan fingerprint density at radius 3 is 2.97 bits per heavy atom. The predicted molar refractivity (Wildman–Crippen MR) is 123 cm³/mol. The van der Waals surface area contributed by atoms with Gasteiger partial charge in [0.1, 0.15) is 11.6 Å². The van der Waals surface area contributed by atoms with E-state index < -0.39 is 0 Å². The fraction of sp³-hybridized carbons (Fsp3) is 0.360. The second kappa shape index (κ2) is 9.46. The van der Waals surface area contributed by atoms with Crippen molar-refractivity contribution in [1.29, 1.82) is 0 Å². The molecule has 2 aromatic carbocycles. The molecule has 166 valence electrons. The van der Waals surface area contributed by atoms with E-state index >= 15 is 0 Å². The third-order valence-corrected chi connectivity index (χ3v) is 7.00. The minimum absolute atomic E-state index is 0.0274.